The highest BCUT2D eigenvalue weighted by Gasteiger charge is 2.28. The molecule has 3 heteroatoms. The average molecular weight is 1600 g/mol. The molecule has 124 heavy (non-hydrogen) atoms. The van der Waals surface area contributed by atoms with Gasteiger partial charge in [-0.1, -0.05) is 252 Å². The minimum absolute atomic E-state index is 0.0828. The summed E-state index contributed by atoms with van der Waals surface area (Å²) in [4.78, 5) is 0. The van der Waals surface area contributed by atoms with Crippen molar-refractivity contribution in [3.63, 3.8) is 0 Å². The molecule has 0 aliphatic heterocycles. The molecule has 0 aliphatic carbocycles. The lowest BCUT2D eigenvalue weighted by Gasteiger charge is -2.19. The third kappa shape index (κ3) is 11.6. The van der Waals surface area contributed by atoms with Crippen molar-refractivity contribution in [3.05, 3.63) is 341 Å². The van der Waals surface area contributed by atoms with E-state index in [4.69, 9.17) is 0 Å². The molecule has 0 bridgehead atoms. The van der Waals surface area contributed by atoms with Crippen LogP contribution in [0.3, 0.4) is 0 Å². The SMILES string of the molecule is Cc1cc(-c2cc3c4cc5cc(C(C)CCC(C)c6ccc7cc8c(cc7c6)c6cc(-c7ccccc7)cc7c9cc%10cc(C(C)C)ccc%10cc9n8c76)ccc5cc4n4c5cc6ccc(C(C)CCC(C)c7ccc8cc9c(cc8c7)c7cc(-c8ccc(C(C)(C)C)cc8)cc8c%10cc%11cc(C(C)C)ccc%11cc%10n9c87)cc6cc5c(c2)c34)cc(C)c1C. The van der Waals surface area contributed by atoms with Crippen molar-refractivity contribution in [2.75, 3.05) is 0 Å². The fourth-order valence-corrected chi connectivity index (χ4v) is 22.3. The van der Waals surface area contributed by atoms with Crippen LogP contribution in [0.15, 0.2) is 285 Å². The predicted octanol–water partition coefficient (Wildman–Crippen LogP) is 34.9. The Bertz CT molecular complexity index is 8540. The molecule has 18 aromatic carbocycles. The zero-order valence-electron chi connectivity index (χ0n) is 73.8. The molecule has 0 N–H and O–H groups in total. The summed E-state index contributed by atoms with van der Waals surface area (Å²) in [7, 11) is 0. The van der Waals surface area contributed by atoms with Crippen molar-refractivity contribution in [2.24, 2.45) is 0 Å². The molecule has 602 valence electrons. The molecule has 6 heterocycles. The molecule has 0 aliphatic rings. The summed E-state index contributed by atoms with van der Waals surface area (Å²) in [6.07, 6.45) is 4.38. The summed E-state index contributed by atoms with van der Waals surface area (Å²) in [5.41, 5.74) is 33.0. The number of benzene rings is 18. The first-order valence-corrected chi connectivity index (χ1v) is 45.7. The largest absolute Gasteiger partial charge is 0.308 e. The van der Waals surface area contributed by atoms with Crippen molar-refractivity contribution < 1.29 is 0 Å². The highest BCUT2D eigenvalue weighted by Crippen LogP contribution is 2.51. The maximum Gasteiger partial charge on any atom is 0.0620 e. The summed E-state index contributed by atoms with van der Waals surface area (Å²) >= 11 is 0. The molecule has 0 saturated heterocycles. The van der Waals surface area contributed by atoms with Crippen molar-refractivity contribution in [1.29, 1.82) is 0 Å². The van der Waals surface area contributed by atoms with Crippen molar-refractivity contribution in [1.82, 2.24) is 13.2 Å². The van der Waals surface area contributed by atoms with Crippen molar-refractivity contribution >= 4 is 179 Å². The number of hydrogen-bond acceptors (Lipinski definition) is 0. The van der Waals surface area contributed by atoms with E-state index in [1.165, 1.54) is 268 Å². The first kappa shape index (κ1) is 74.7. The predicted molar refractivity (Wildman–Crippen MR) is 538 cm³/mol. The topological polar surface area (TPSA) is 13.2 Å². The Morgan fingerprint density at radius 2 is 0.460 bits per heavy atom. The maximum absolute atomic E-state index is 2.61. The molecular formula is C121H103N3. The van der Waals surface area contributed by atoms with Gasteiger partial charge in [-0.2, -0.15) is 0 Å². The molecule has 0 radical (unpaired) electrons. The van der Waals surface area contributed by atoms with Crippen LogP contribution in [-0.4, -0.2) is 13.2 Å². The minimum Gasteiger partial charge on any atom is -0.308 e. The Morgan fingerprint density at radius 1 is 0.218 bits per heavy atom. The van der Waals surface area contributed by atoms with Gasteiger partial charge in [-0.05, 0) is 350 Å². The first-order valence-electron chi connectivity index (χ1n) is 45.7. The monoisotopic (exact) mass is 1600 g/mol. The fourth-order valence-electron chi connectivity index (χ4n) is 22.3. The van der Waals surface area contributed by atoms with E-state index in [9.17, 15) is 0 Å². The van der Waals surface area contributed by atoms with Gasteiger partial charge in [0.25, 0.3) is 0 Å². The maximum atomic E-state index is 2.61. The number of fused-ring (bicyclic) bond motifs is 24. The van der Waals surface area contributed by atoms with E-state index in [0.29, 0.717) is 35.5 Å². The molecule has 6 aromatic heterocycles. The quantitative estimate of drug-likeness (QED) is 0.0971. The third-order valence-corrected chi connectivity index (χ3v) is 30.2. The summed E-state index contributed by atoms with van der Waals surface area (Å²) in [5, 5.41) is 31.4. The van der Waals surface area contributed by atoms with Crippen LogP contribution in [0.4, 0.5) is 0 Å². The molecule has 24 rings (SSSR count). The van der Waals surface area contributed by atoms with E-state index < -0.39 is 0 Å². The van der Waals surface area contributed by atoms with Crippen LogP contribution in [0, 0.1) is 20.8 Å². The first-order chi connectivity index (χ1) is 60.0. The lowest BCUT2D eigenvalue weighted by Crippen LogP contribution is -2.10. The molecule has 0 fully saturated rings. The van der Waals surface area contributed by atoms with Gasteiger partial charge in [-0.25, -0.2) is 0 Å². The van der Waals surface area contributed by atoms with E-state index >= 15 is 0 Å². The highest BCUT2D eigenvalue weighted by molar-refractivity contribution is 6.30. The molecule has 24 aromatic rings. The van der Waals surface area contributed by atoms with E-state index in [2.05, 4.69) is 395 Å². The van der Waals surface area contributed by atoms with Crippen LogP contribution in [0.25, 0.3) is 212 Å². The fraction of sp³-hybridized carbons (Fsp3) is 0.207. The van der Waals surface area contributed by atoms with Crippen LogP contribution in [0.1, 0.15) is 193 Å². The number of aromatic nitrogens is 3. The molecule has 4 atom stereocenters. The number of nitrogens with zero attached hydrogens (tertiary/aromatic N) is 3. The second-order valence-corrected chi connectivity index (χ2v) is 39.6. The molecule has 3 nitrogen and oxygen atoms in total. The minimum atomic E-state index is 0.0828. The zero-order chi connectivity index (χ0) is 84.0. The van der Waals surface area contributed by atoms with Gasteiger partial charge in [0.15, 0.2) is 0 Å². The average Bonchev–Trinajstić information content (AvgIpc) is 1.54. The normalized spacial score (nSPS) is 13.9. The van der Waals surface area contributed by atoms with Crippen LogP contribution in [-0.2, 0) is 5.41 Å². The lowest BCUT2D eigenvalue weighted by atomic mass is 9.86. The smallest absolute Gasteiger partial charge is 0.0620 e. The third-order valence-electron chi connectivity index (χ3n) is 30.2. The zero-order valence-corrected chi connectivity index (χ0v) is 73.8. The van der Waals surface area contributed by atoms with E-state index in [1.807, 2.05) is 0 Å². The van der Waals surface area contributed by atoms with Gasteiger partial charge in [-0.3, -0.25) is 0 Å². The highest BCUT2D eigenvalue weighted by atomic mass is 14.9. The van der Waals surface area contributed by atoms with Gasteiger partial charge in [0, 0.05) is 64.6 Å². The summed E-state index contributed by atoms with van der Waals surface area (Å²) in [6.45, 7) is 32.7. The van der Waals surface area contributed by atoms with Gasteiger partial charge in [0.1, 0.15) is 0 Å². The van der Waals surface area contributed by atoms with Crippen LogP contribution in [0.2, 0.25) is 0 Å². The molecular weight excluding hydrogens is 1500 g/mol. The lowest BCUT2D eigenvalue weighted by molar-refractivity contribution is 0.574. The van der Waals surface area contributed by atoms with Crippen molar-refractivity contribution in [2.45, 2.75) is 164 Å². The van der Waals surface area contributed by atoms with Crippen LogP contribution < -0.4 is 0 Å². The van der Waals surface area contributed by atoms with Gasteiger partial charge in [0.05, 0.1) is 49.7 Å². The van der Waals surface area contributed by atoms with E-state index in [1.54, 1.807) is 0 Å². The van der Waals surface area contributed by atoms with Gasteiger partial charge in [0.2, 0.25) is 0 Å². The number of rotatable bonds is 15. The van der Waals surface area contributed by atoms with E-state index in [0.717, 1.165) is 25.7 Å². The molecule has 0 amide bonds. The Labute approximate surface area is 724 Å². The Balaban J connectivity index is 0.523. The van der Waals surface area contributed by atoms with Crippen molar-refractivity contribution in [3.8, 4) is 33.4 Å². The standard InChI is InChI=1S/C121H103N3/c1-66(2)77-24-30-83-60-112-100(48-90(83)42-77)106-54-96(75-18-16-15-17-19-75)55-107-102-50-92-44-79(26-32-85(92)62-114(102)122(112)118(106)107)68(5)20-22-70(7)81-28-34-87-64-116-104(52-94(87)46-81)110-58-98(89-40-72(9)74(11)73(10)41-89)59-111-105-53-95-47-82(29-35-88(95)65-117(105)124(116)120(110)111)71(8)23-21-69(6)80-27-33-86-63-115-103(51-93(86)45-80)109-57-97(76-36-38-99(39-37-76)121(12,13)14)56-108-101-49-91-43-78(67(3)4)25-31-84(91)61-113(101)123(115)119(108)109/h15-19,24-71H,20-23H2,1-14H3. The van der Waals surface area contributed by atoms with Crippen LogP contribution >= 0.6 is 0 Å². The summed E-state index contributed by atoms with van der Waals surface area (Å²) < 4.78 is 7.75. The van der Waals surface area contributed by atoms with Gasteiger partial charge >= 0.3 is 0 Å². The number of hydrogen-bond donors (Lipinski definition) is 0. The second-order valence-electron chi connectivity index (χ2n) is 39.6. The van der Waals surface area contributed by atoms with Gasteiger partial charge in [-0.15, -0.1) is 0 Å². The number of aryl methyl sites for hydroxylation is 2. The Kier molecular flexibility index (Phi) is 16.5. The Hall–Kier alpha value is -13.1. The van der Waals surface area contributed by atoms with E-state index in [-0.39, 0.29) is 5.41 Å². The molecule has 0 spiro atoms. The van der Waals surface area contributed by atoms with Gasteiger partial charge < -0.3 is 13.2 Å². The van der Waals surface area contributed by atoms with Crippen LogP contribution in [0.5, 0.6) is 0 Å². The summed E-state index contributed by atoms with van der Waals surface area (Å²) in [5.74, 6) is 2.48. The molecule has 0 saturated carbocycles. The molecule has 4 unspecified atom stereocenters. The summed E-state index contributed by atoms with van der Waals surface area (Å²) in [6, 6.07) is 113. The Morgan fingerprint density at radius 3 is 0.726 bits per heavy atom. The second kappa shape index (κ2) is 27.5.